The second-order valence-corrected chi connectivity index (χ2v) is 4.22. The molecule has 0 radical (unpaired) electrons. The summed E-state index contributed by atoms with van der Waals surface area (Å²) in [4.78, 5) is 0. The van der Waals surface area contributed by atoms with Gasteiger partial charge in [-0.25, -0.2) is 0 Å². The predicted octanol–water partition coefficient (Wildman–Crippen LogP) is 4.24. The fourth-order valence-corrected chi connectivity index (χ4v) is 1.69. The van der Waals surface area contributed by atoms with Crippen molar-refractivity contribution in [1.29, 1.82) is 0 Å². The van der Waals surface area contributed by atoms with Crippen molar-refractivity contribution >= 4 is 0 Å². The first kappa shape index (κ1) is 12.6. The summed E-state index contributed by atoms with van der Waals surface area (Å²) >= 11 is 0. The van der Waals surface area contributed by atoms with E-state index in [-0.39, 0.29) is 0 Å². The average Bonchev–Trinajstić information content (AvgIpc) is 2.33. The number of hydrogen-bond donors (Lipinski definition) is 1. The molecule has 1 rings (SSSR count). The molecule has 16 heavy (non-hydrogen) atoms. The molecule has 0 fully saturated rings. The minimum Gasteiger partial charge on any atom is -0.359 e. The molecule has 1 N–H and O–H groups in total. The summed E-state index contributed by atoms with van der Waals surface area (Å²) in [7, 11) is 0. The largest absolute Gasteiger partial charge is 0.359 e. The molecule has 0 aromatic rings. The van der Waals surface area contributed by atoms with Gasteiger partial charge in [-0.15, -0.1) is 0 Å². The molecule has 0 heterocycles. The maximum atomic E-state index is 3.96. The Morgan fingerprint density at radius 1 is 1.38 bits per heavy atom. The third-order valence-corrected chi connectivity index (χ3v) is 2.89. The summed E-state index contributed by atoms with van der Waals surface area (Å²) in [6, 6.07) is 0. The minimum atomic E-state index is 0.937. The number of rotatable bonds is 3. The molecule has 0 aromatic carbocycles. The molecule has 1 nitrogen and oxygen atoms in total. The van der Waals surface area contributed by atoms with Crippen molar-refractivity contribution in [3.63, 3.8) is 0 Å². The lowest BCUT2D eigenvalue weighted by molar-refractivity contribution is 0.953. The Labute approximate surface area is 98.9 Å². The molecule has 0 atom stereocenters. The van der Waals surface area contributed by atoms with E-state index in [1.807, 2.05) is 19.1 Å². The van der Waals surface area contributed by atoms with Crippen LogP contribution in [-0.2, 0) is 0 Å². The highest BCUT2D eigenvalue weighted by atomic mass is 14.9. The number of hydrogen-bond acceptors (Lipinski definition) is 1. The fourth-order valence-electron chi connectivity index (χ4n) is 1.69. The van der Waals surface area contributed by atoms with Gasteiger partial charge in [0.25, 0.3) is 0 Å². The lowest BCUT2D eigenvalue weighted by atomic mass is 10.1. The summed E-state index contributed by atoms with van der Waals surface area (Å²) in [5.41, 5.74) is 6.20. The van der Waals surface area contributed by atoms with Crippen molar-refractivity contribution in [3.8, 4) is 0 Å². The Morgan fingerprint density at radius 2 is 2.06 bits per heavy atom. The second kappa shape index (κ2) is 5.55. The Balaban J connectivity index is 2.86. The predicted molar refractivity (Wildman–Crippen MR) is 71.9 cm³/mol. The Bertz CT molecular complexity index is 403. The van der Waals surface area contributed by atoms with E-state index in [9.17, 15) is 0 Å². The van der Waals surface area contributed by atoms with Crippen LogP contribution in [0.5, 0.6) is 0 Å². The fraction of sp³-hybridized carbons (Fsp3) is 0.333. The van der Waals surface area contributed by atoms with E-state index in [0.717, 1.165) is 12.1 Å². The molecule has 86 valence electrons. The van der Waals surface area contributed by atoms with Gasteiger partial charge in [-0.2, -0.15) is 0 Å². The lowest BCUT2D eigenvalue weighted by Crippen LogP contribution is -2.09. The van der Waals surface area contributed by atoms with E-state index in [1.165, 1.54) is 22.4 Å². The van der Waals surface area contributed by atoms with Crippen molar-refractivity contribution in [3.05, 3.63) is 59.0 Å². The van der Waals surface area contributed by atoms with Crippen molar-refractivity contribution in [2.45, 2.75) is 34.1 Å². The standard InChI is InChI=1S/C15H21N/c1-6-7-13(4)16-15-9-8-11(2)14(5)12(3)10-15/h6-8,10,16H,4,9H2,1-3,5H3/b7-6-. The molecule has 0 amide bonds. The Hall–Kier alpha value is -1.50. The Morgan fingerprint density at radius 3 is 2.69 bits per heavy atom. The van der Waals surface area contributed by atoms with Gasteiger partial charge in [-0.3, -0.25) is 0 Å². The van der Waals surface area contributed by atoms with Crippen LogP contribution in [0.2, 0.25) is 0 Å². The number of allylic oxidation sites excluding steroid dienone is 7. The Kier molecular flexibility index (Phi) is 4.36. The third kappa shape index (κ3) is 3.27. The van der Waals surface area contributed by atoms with Crippen LogP contribution in [0.3, 0.4) is 0 Å². The first-order valence-corrected chi connectivity index (χ1v) is 5.68. The molecule has 0 aliphatic heterocycles. The van der Waals surface area contributed by atoms with Gasteiger partial charge in [0.1, 0.15) is 0 Å². The summed E-state index contributed by atoms with van der Waals surface area (Å²) in [6.07, 6.45) is 9.37. The molecule has 1 heteroatoms. The van der Waals surface area contributed by atoms with Crippen molar-refractivity contribution in [2.75, 3.05) is 0 Å². The molecule has 1 aliphatic rings. The van der Waals surface area contributed by atoms with E-state index in [1.54, 1.807) is 0 Å². The van der Waals surface area contributed by atoms with Crippen LogP contribution in [0.25, 0.3) is 0 Å². The highest BCUT2D eigenvalue weighted by molar-refractivity contribution is 5.42. The summed E-state index contributed by atoms with van der Waals surface area (Å²) < 4.78 is 0. The maximum Gasteiger partial charge on any atom is 0.0305 e. The quantitative estimate of drug-likeness (QED) is 0.694. The van der Waals surface area contributed by atoms with Gasteiger partial charge in [0, 0.05) is 17.8 Å². The molecule has 0 unspecified atom stereocenters. The summed E-state index contributed by atoms with van der Waals surface area (Å²) in [6.45, 7) is 12.4. The SMILES string of the molecule is C=C(/C=C\C)NC1=CC(C)=C(C)C(C)=CC1. The minimum absolute atomic E-state index is 0.937. The topological polar surface area (TPSA) is 12.0 Å². The van der Waals surface area contributed by atoms with Gasteiger partial charge in [0.05, 0.1) is 0 Å². The first-order valence-electron chi connectivity index (χ1n) is 5.68. The van der Waals surface area contributed by atoms with Crippen LogP contribution in [-0.4, -0.2) is 0 Å². The van der Waals surface area contributed by atoms with Crippen LogP contribution >= 0.6 is 0 Å². The zero-order chi connectivity index (χ0) is 12.1. The monoisotopic (exact) mass is 215 g/mol. The normalized spacial score (nSPS) is 17.0. The van der Waals surface area contributed by atoms with Gasteiger partial charge in [-0.05, 0) is 51.0 Å². The van der Waals surface area contributed by atoms with Crippen LogP contribution in [0, 0.1) is 0 Å². The van der Waals surface area contributed by atoms with Gasteiger partial charge < -0.3 is 5.32 Å². The molecule has 0 bridgehead atoms. The zero-order valence-electron chi connectivity index (χ0n) is 10.7. The highest BCUT2D eigenvalue weighted by Gasteiger charge is 2.05. The maximum absolute atomic E-state index is 3.96. The molecule has 0 saturated carbocycles. The first-order chi connectivity index (χ1) is 7.54. The van der Waals surface area contributed by atoms with Gasteiger partial charge in [0.2, 0.25) is 0 Å². The van der Waals surface area contributed by atoms with Crippen molar-refractivity contribution in [2.24, 2.45) is 0 Å². The number of nitrogens with one attached hydrogen (secondary N) is 1. The molecule has 1 aliphatic carbocycles. The summed E-state index contributed by atoms with van der Waals surface area (Å²) in [5, 5.41) is 3.33. The molecule has 0 aromatic heterocycles. The lowest BCUT2D eigenvalue weighted by Gasteiger charge is -2.08. The third-order valence-electron chi connectivity index (χ3n) is 2.89. The highest BCUT2D eigenvalue weighted by Crippen LogP contribution is 2.21. The van der Waals surface area contributed by atoms with E-state index >= 15 is 0 Å². The van der Waals surface area contributed by atoms with Crippen LogP contribution in [0.1, 0.15) is 34.1 Å². The zero-order valence-corrected chi connectivity index (χ0v) is 10.7. The van der Waals surface area contributed by atoms with Crippen molar-refractivity contribution < 1.29 is 0 Å². The van der Waals surface area contributed by atoms with Crippen LogP contribution in [0.15, 0.2) is 59.0 Å². The van der Waals surface area contributed by atoms with E-state index < -0.39 is 0 Å². The van der Waals surface area contributed by atoms with Gasteiger partial charge in [-0.1, -0.05) is 24.3 Å². The van der Waals surface area contributed by atoms with Crippen molar-refractivity contribution in [1.82, 2.24) is 5.32 Å². The molecular weight excluding hydrogens is 194 g/mol. The van der Waals surface area contributed by atoms with E-state index in [0.29, 0.717) is 0 Å². The summed E-state index contributed by atoms with van der Waals surface area (Å²) in [5.74, 6) is 0. The van der Waals surface area contributed by atoms with Gasteiger partial charge in [0.15, 0.2) is 0 Å². The second-order valence-electron chi connectivity index (χ2n) is 4.22. The molecular formula is C15H21N. The van der Waals surface area contributed by atoms with E-state index in [4.69, 9.17) is 0 Å². The van der Waals surface area contributed by atoms with E-state index in [2.05, 4.69) is 44.8 Å². The molecule has 0 saturated heterocycles. The van der Waals surface area contributed by atoms with Crippen LogP contribution in [0.4, 0.5) is 0 Å². The molecule has 0 spiro atoms. The van der Waals surface area contributed by atoms with Gasteiger partial charge >= 0.3 is 0 Å². The smallest absolute Gasteiger partial charge is 0.0305 e. The average molecular weight is 215 g/mol. The van der Waals surface area contributed by atoms with Crippen LogP contribution < -0.4 is 5.32 Å².